The third-order valence-corrected chi connectivity index (χ3v) is 5.10. The Morgan fingerprint density at radius 1 is 1.15 bits per heavy atom. The monoisotopic (exact) mass is 391 g/mol. The number of amides is 1. The number of carbonyl (C=O) groups excluding carboxylic acids is 2. The third-order valence-electron chi connectivity index (χ3n) is 4.19. The largest absolute Gasteiger partial charge is 0.332 e. The number of piperazine rings is 1. The van der Waals surface area contributed by atoms with Gasteiger partial charge in [0.25, 0.3) is 0 Å². The molecule has 0 aliphatic carbocycles. The lowest BCUT2D eigenvalue weighted by Gasteiger charge is -2.36. The van der Waals surface area contributed by atoms with Gasteiger partial charge in [0, 0.05) is 37.6 Å². The first-order valence-corrected chi connectivity index (χ1v) is 9.47. The van der Waals surface area contributed by atoms with Crippen LogP contribution in [0.4, 0.5) is 0 Å². The third kappa shape index (κ3) is 5.30. The lowest BCUT2D eigenvalue weighted by molar-refractivity contribution is -0.131. The molecule has 1 unspecified atom stereocenters. The van der Waals surface area contributed by atoms with Crippen molar-refractivity contribution in [3.05, 3.63) is 66.0 Å². The minimum atomic E-state index is 0. The lowest BCUT2D eigenvalue weighted by Crippen LogP contribution is -2.49. The van der Waals surface area contributed by atoms with Crippen molar-refractivity contribution in [1.29, 1.82) is 0 Å². The quantitative estimate of drug-likeness (QED) is 0.767. The van der Waals surface area contributed by atoms with Crippen LogP contribution < -0.4 is 5.32 Å². The Balaban J connectivity index is 0.00000243. The minimum Gasteiger partial charge on any atom is -0.332 e. The molecule has 26 heavy (non-hydrogen) atoms. The Hall–Kier alpha value is -1.89. The average Bonchev–Trinajstić information content (AvgIpc) is 2.69. The summed E-state index contributed by atoms with van der Waals surface area (Å²) >= 11 is 1.38. The molecule has 138 valence electrons. The highest BCUT2D eigenvalue weighted by Crippen LogP contribution is 2.22. The second kappa shape index (κ2) is 10.3. The summed E-state index contributed by atoms with van der Waals surface area (Å²) in [5.74, 6) is 0.762. The number of Topliss-reactive ketones (excluding diaryl/α,β-unsaturated/α-hetero) is 1. The van der Waals surface area contributed by atoms with Crippen LogP contribution in [0.3, 0.4) is 0 Å². The summed E-state index contributed by atoms with van der Waals surface area (Å²) in [6, 6.07) is 13.1. The summed E-state index contributed by atoms with van der Waals surface area (Å²) in [5.41, 5.74) is 1.73. The number of aromatic nitrogens is 1. The fourth-order valence-electron chi connectivity index (χ4n) is 2.90. The van der Waals surface area contributed by atoms with E-state index in [9.17, 15) is 9.59 Å². The standard InChI is InChI=1S/C19H21N3O2S.ClH/c23-18(15-5-2-1-3-6-15)13-25-14-19(24)22-10-9-21-12-17(22)16-7-4-8-20-11-16;/h1-8,11,17,21H,9-10,12-14H2;1H. The number of halogens is 1. The van der Waals surface area contributed by atoms with Crippen LogP contribution in [0.15, 0.2) is 54.9 Å². The van der Waals surface area contributed by atoms with E-state index in [4.69, 9.17) is 0 Å². The summed E-state index contributed by atoms with van der Waals surface area (Å²) in [6.45, 7) is 2.19. The zero-order valence-electron chi connectivity index (χ0n) is 14.3. The van der Waals surface area contributed by atoms with Crippen LogP contribution in [0.1, 0.15) is 22.0 Å². The molecule has 0 bridgehead atoms. The molecule has 1 aromatic carbocycles. The molecule has 0 saturated carbocycles. The number of thioether (sulfide) groups is 1. The van der Waals surface area contributed by atoms with Crippen molar-refractivity contribution in [3.8, 4) is 0 Å². The maximum absolute atomic E-state index is 12.6. The van der Waals surface area contributed by atoms with Crippen molar-refractivity contribution < 1.29 is 9.59 Å². The highest BCUT2D eigenvalue weighted by atomic mass is 35.5. The Morgan fingerprint density at radius 3 is 2.69 bits per heavy atom. The van der Waals surface area contributed by atoms with E-state index in [0.717, 1.165) is 18.7 Å². The van der Waals surface area contributed by atoms with Gasteiger partial charge in [0.05, 0.1) is 17.5 Å². The van der Waals surface area contributed by atoms with Gasteiger partial charge >= 0.3 is 0 Å². The number of nitrogens with zero attached hydrogens (tertiary/aromatic N) is 2. The molecular formula is C19H22ClN3O2S. The Bertz CT molecular complexity index is 715. The van der Waals surface area contributed by atoms with Gasteiger partial charge in [-0.1, -0.05) is 36.4 Å². The molecule has 0 radical (unpaired) electrons. The van der Waals surface area contributed by atoms with E-state index in [2.05, 4.69) is 10.3 Å². The smallest absolute Gasteiger partial charge is 0.233 e. The number of pyridine rings is 1. The van der Waals surface area contributed by atoms with Crippen LogP contribution in [0.25, 0.3) is 0 Å². The van der Waals surface area contributed by atoms with Crippen molar-refractivity contribution in [2.45, 2.75) is 6.04 Å². The van der Waals surface area contributed by atoms with E-state index >= 15 is 0 Å². The van der Waals surface area contributed by atoms with Gasteiger partial charge in [0.15, 0.2) is 5.78 Å². The highest BCUT2D eigenvalue weighted by molar-refractivity contribution is 8.00. The molecule has 1 atom stereocenters. The van der Waals surface area contributed by atoms with Gasteiger partial charge < -0.3 is 10.2 Å². The maximum Gasteiger partial charge on any atom is 0.233 e. The predicted molar refractivity (Wildman–Crippen MR) is 107 cm³/mol. The summed E-state index contributed by atoms with van der Waals surface area (Å²) in [5, 5.41) is 3.33. The summed E-state index contributed by atoms with van der Waals surface area (Å²) in [6.07, 6.45) is 3.54. The first-order chi connectivity index (χ1) is 12.3. The first-order valence-electron chi connectivity index (χ1n) is 8.32. The molecule has 1 N–H and O–H groups in total. The average molecular weight is 392 g/mol. The summed E-state index contributed by atoms with van der Waals surface area (Å²) in [7, 11) is 0. The normalized spacial score (nSPS) is 16.6. The maximum atomic E-state index is 12.6. The van der Waals surface area contributed by atoms with E-state index in [1.54, 1.807) is 18.3 Å². The van der Waals surface area contributed by atoms with Crippen molar-refractivity contribution >= 4 is 35.9 Å². The zero-order valence-corrected chi connectivity index (χ0v) is 16.0. The van der Waals surface area contributed by atoms with Crippen LogP contribution >= 0.6 is 24.2 Å². The van der Waals surface area contributed by atoms with Gasteiger partial charge in [-0.25, -0.2) is 0 Å². The SMILES string of the molecule is Cl.O=C(CSCC(=O)N1CCNCC1c1cccnc1)c1ccccc1. The number of hydrogen-bond donors (Lipinski definition) is 1. The molecule has 2 aromatic rings. The van der Waals surface area contributed by atoms with Crippen LogP contribution in [0, 0.1) is 0 Å². The molecule has 3 rings (SSSR count). The second-order valence-corrected chi connectivity index (χ2v) is 6.86. The molecule has 5 nitrogen and oxygen atoms in total. The van der Waals surface area contributed by atoms with Crippen molar-refractivity contribution in [2.75, 3.05) is 31.1 Å². The number of hydrogen-bond acceptors (Lipinski definition) is 5. The van der Waals surface area contributed by atoms with E-state index in [1.807, 2.05) is 41.4 Å². The topological polar surface area (TPSA) is 62.3 Å². The van der Waals surface area contributed by atoms with Crippen LogP contribution in [0.2, 0.25) is 0 Å². The molecule has 0 spiro atoms. The Labute approximate surface area is 164 Å². The van der Waals surface area contributed by atoms with Gasteiger partial charge in [0.2, 0.25) is 5.91 Å². The summed E-state index contributed by atoms with van der Waals surface area (Å²) < 4.78 is 0. The van der Waals surface area contributed by atoms with E-state index < -0.39 is 0 Å². The van der Waals surface area contributed by atoms with Crippen LogP contribution in [-0.2, 0) is 4.79 Å². The van der Waals surface area contributed by atoms with Gasteiger partial charge in [-0.15, -0.1) is 24.2 Å². The first kappa shape index (κ1) is 20.4. The molecule has 2 heterocycles. The number of nitrogens with one attached hydrogen (secondary N) is 1. The van der Waals surface area contributed by atoms with Gasteiger partial charge in [-0.2, -0.15) is 0 Å². The number of benzene rings is 1. The minimum absolute atomic E-state index is 0. The van der Waals surface area contributed by atoms with E-state index in [-0.39, 0.29) is 30.1 Å². The highest BCUT2D eigenvalue weighted by Gasteiger charge is 2.27. The van der Waals surface area contributed by atoms with Crippen molar-refractivity contribution in [3.63, 3.8) is 0 Å². The van der Waals surface area contributed by atoms with Crippen molar-refractivity contribution in [2.24, 2.45) is 0 Å². The Kier molecular flexibility index (Phi) is 8.09. The number of ketones is 1. The molecule has 1 aromatic heterocycles. The fourth-order valence-corrected chi connectivity index (χ4v) is 3.69. The Morgan fingerprint density at radius 2 is 1.96 bits per heavy atom. The van der Waals surface area contributed by atoms with Gasteiger partial charge in [0.1, 0.15) is 0 Å². The molecule has 1 saturated heterocycles. The number of rotatable bonds is 6. The van der Waals surface area contributed by atoms with Gasteiger partial charge in [-0.3, -0.25) is 14.6 Å². The lowest BCUT2D eigenvalue weighted by atomic mass is 10.1. The van der Waals surface area contributed by atoms with E-state index in [0.29, 0.717) is 23.6 Å². The van der Waals surface area contributed by atoms with Crippen molar-refractivity contribution in [1.82, 2.24) is 15.2 Å². The molecule has 1 amide bonds. The zero-order chi connectivity index (χ0) is 17.5. The molecular weight excluding hydrogens is 370 g/mol. The van der Waals surface area contributed by atoms with Gasteiger partial charge in [-0.05, 0) is 11.6 Å². The fraction of sp³-hybridized carbons (Fsp3) is 0.316. The molecule has 1 fully saturated rings. The summed E-state index contributed by atoms with van der Waals surface area (Å²) in [4.78, 5) is 30.8. The van der Waals surface area contributed by atoms with E-state index in [1.165, 1.54) is 11.8 Å². The molecule has 1 aliphatic heterocycles. The molecule has 1 aliphatic rings. The van der Waals surface area contributed by atoms with Crippen LogP contribution in [0.5, 0.6) is 0 Å². The number of carbonyl (C=O) groups is 2. The molecule has 7 heteroatoms. The predicted octanol–water partition coefficient (Wildman–Crippen LogP) is 2.59. The second-order valence-electron chi connectivity index (χ2n) is 5.88. The van der Waals surface area contributed by atoms with Crippen LogP contribution in [-0.4, -0.2) is 52.7 Å².